The zero-order valence-corrected chi connectivity index (χ0v) is 16.1. The summed E-state index contributed by atoms with van der Waals surface area (Å²) >= 11 is 0. The molecule has 0 saturated carbocycles. The van der Waals surface area contributed by atoms with Gasteiger partial charge in [-0.3, -0.25) is 4.79 Å². The second-order valence-corrected chi connectivity index (χ2v) is 7.07. The molecular formula is C21H20F3N5O. The maximum Gasteiger partial charge on any atom is 0.416 e. The smallest absolute Gasteiger partial charge is 0.353 e. The van der Waals surface area contributed by atoms with Crippen molar-refractivity contribution in [2.24, 2.45) is 0 Å². The minimum atomic E-state index is -4.41. The first-order valence-electron chi connectivity index (χ1n) is 9.54. The fraction of sp³-hybridized carbons (Fsp3) is 0.286. The molecule has 0 unspecified atom stereocenters. The van der Waals surface area contributed by atoms with E-state index >= 15 is 0 Å². The highest BCUT2D eigenvalue weighted by molar-refractivity contribution is 5.79. The van der Waals surface area contributed by atoms with Gasteiger partial charge in [-0.25, -0.2) is 9.97 Å². The van der Waals surface area contributed by atoms with Gasteiger partial charge in [-0.05, 0) is 23.8 Å². The molecule has 0 N–H and O–H groups in total. The van der Waals surface area contributed by atoms with Crippen LogP contribution in [-0.2, 0) is 17.4 Å². The molecule has 1 fully saturated rings. The van der Waals surface area contributed by atoms with Gasteiger partial charge in [-0.15, -0.1) is 0 Å². The average molecular weight is 415 g/mol. The van der Waals surface area contributed by atoms with Crippen molar-refractivity contribution in [2.45, 2.75) is 12.6 Å². The molecule has 3 aromatic rings. The number of carbonyl (C=O) groups is 1. The number of aromatic nitrogens is 3. The van der Waals surface area contributed by atoms with Crippen LogP contribution in [0.2, 0.25) is 0 Å². The highest BCUT2D eigenvalue weighted by atomic mass is 19.4. The van der Waals surface area contributed by atoms with Gasteiger partial charge < -0.3 is 14.4 Å². The normalized spacial score (nSPS) is 14.8. The Bertz CT molecular complexity index is 1010. The molecule has 0 bridgehead atoms. The van der Waals surface area contributed by atoms with E-state index in [1.807, 2.05) is 35.2 Å². The third-order valence-electron chi connectivity index (χ3n) is 5.07. The minimum Gasteiger partial charge on any atom is -0.353 e. The second-order valence-electron chi connectivity index (χ2n) is 7.07. The molecule has 0 radical (unpaired) electrons. The number of nitrogens with zero attached hydrogens (tertiary/aromatic N) is 5. The Morgan fingerprint density at radius 3 is 2.33 bits per heavy atom. The largest absolute Gasteiger partial charge is 0.416 e. The Morgan fingerprint density at radius 2 is 1.63 bits per heavy atom. The molecule has 30 heavy (non-hydrogen) atoms. The molecule has 9 heteroatoms. The molecule has 1 amide bonds. The fourth-order valence-corrected chi connectivity index (χ4v) is 3.47. The lowest BCUT2D eigenvalue weighted by Crippen LogP contribution is -2.49. The van der Waals surface area contributed by atoms with Crippen molar-refractivity contribution in [3.8, 4) is 5.82 Å². The summed E-state index contributed by atoms with van der Waals surface area (Å²) in [5.41, 5.74) is -0.371. The SMILES string of the molecule is O=C(Cc1cccc(C(F)(F)F)c1)N1CCN(c2cc(-n3cccc3)ncn2)CC1. The van der Waals surface area contributed by atoms with Crippen LogP contribution < -0.4 is 4.90 Å². The molecule has 1 aliphatic heterocycles. The Labute approximate surface area is 171 Å². The highest BCUT2D eigenvalue weighted by Gasteiger charge is 2.30. The van der Waals surface area contributed by atoms with E-state index in [4.69, 9.17) is 0 Å². The fourth-order valence-electron chi connectivity index (χ4n) is 3.47. The third-order valence-corrected chi connectivity index (χ3v) is 5.07. The molecule has 1 aromatic carbocycles. The third kappa shape index (κ3) is 4.45. The van der Waals surface area contributed by atoms with Gasteiger partial charge >= 0.3 is 6.18 Å². The molecule has 0 aliphatic carbocycles. The summed E-state index contributed by atoms with van der Waals surface area (Å²) in [5, 5.41) is 0. The van der Waals surface area contributed by atoms with Crippen molar-refractivity contribution in [1.29, 1.82) is 0 Å². The van der Waals surface area contributed by atoms with E-state index in [0.29, 0.717) is 31.7 Å². The number of alkyl halides is 3. The minimum absolute atomic E-state index is 0.0464. The number of hydrogen-bond acceptors (Lipinski definition) is 4. The van der Waals surface area contributed by atoms with Crippen LogP contribution in [0, 0.1) is 0 Å². The first kappa shape index (κ1) is 19.9. The number of hydrogen-bond donors (Lipinski definition) is 0. The number of carbonyl (C=O) groups excluding carboxylic acids is 1. The van der Waals surface area contributed by atoms with Crippen molar-refractivity contribution in [3.05, 3.63) is 72.3 Å². The van der Waals surface area contributed by atoms with Crippen LogP contribution >= 0.6 is 0 Å². The summed E-state index contributed by atoms with van der Waals surface area (Å²) < 4.78 is 40.5. The number of amides is 1. The van der Waals surface area contributed by atoms with E-state index < -0.39 is 11.7 Å². The van der Waals surface area contributed by atoms with Crippen molar-refractivity contribution in [2.75, 3.05) is 31.1 Å². The van der Waals surface area contributed by atoms with E-state index in [1.54, 1.807) is 11.0 Å². The first-order chi connectivity index (χ1) is 14.4. The lowest BCUT2D eigenvalue weighted by atomic mass is 10.1. The molecule has 6 nitrogen and oxygen atoms in total. The summed E-state index contributed by atoms with van der Waals surface area (Å²) in [6.45, 7) is 2.16. The van der Waals surface area contributed by atoms with Crippen LogP contribution in [0.15, 0.2) is 61.2 Å². The second kappa shape index (κ2) is 8.17. The van der Waals surface area contributed by atoms with E-state index in [1.165, 1.54) is 12.4 Å². The van der Waals surface area contributed by atoms with E-state index in [-0.39, 0.29) is 12.3 Å². The van der Waals surface area contributed by atoms with Crippen LogP contribution in [0.1, 0.15) is 11.1 Å². The van der Waals surface area contributed by atoms with Gasteiger partial charge in [0.1, 0.15) is 18.0 Å². The van der Waals surface area contributed by atoms with E-state index in [0.717, 1.165) is 23.8 Å². The molecule has 3 heterocycles. The lowest BCUT2D eigenvalue weighted by Gasteiger charge is -2.35. The Hall–Kier alpha value is -3.36. The van der Waals surface area contributed by atoms with Crippen LogP contribution in [-0.4, -0.2) is 51.5 Å². The zero-order valence-electron chi connectivity index (χ0n) is 16.1. The summed E-state index contributed by atoms with van der Waals surface area (Å²) in [5.74, 6) is 1.36. The van der Waals surface area contributed by atoms with E-state index in [9.17, 15) is 18.0 Å². The highest BCUT2D eigenvalue weighted by Crippen LogP contribution is 2.29. The Morgan fingerprint density at radius 1 is 0.933 bits per heavy atom. The number of rotatable bonds is 4. The number of benzene rings is 1. The summed E-state index contributed by atoms with van der Waals surface area (Å²) in [4.78, 5) is 24.9. The maximum absolute atomic E-state index is 12.9. The quantitative estimate of drug-likeness (QED) is 0.657. The topological polar surface area (TPSA) is 54.3 Å². The molecule has 0 atom stereocenters. The molecule has 2 aromatic heterocycles. The van der Waals surface area contributed by atoms with Crippen LogP contribution in [0.4, 0.5) is 19.0 Å². The van der Waals surface area contributed by atoms with Crippen molar-refractivity contribution < 1.29 is 18.0 Å². The molecule has 4 rings (SSSR count). The van der Waals surface area contributed by atoms with Gasteiger partial charge in [0.15, 0.2) is 0 Å². The van der Waals surface area contributed by atoms with Crippen molar-refractivity contribution in [1.82, 2.24) is 19.4 Å². The predicted molar refractivity (Wildman–Crippen MR) is 105 cm³/mol. The molecule has 156 valence electrons. The summed E-state index contributed by atoms with van der Waals surface area (Å²) in [7, 11) is 0. The number of anilines is 1. The van der Waals surface area contributed by atoms with E-state index in [2.05, 4.69) is 14.9 Å². The predicted octanol–water partition coefficient (Wildman–Crippen LogP) is 3.18. The van der Waals surface area contributed by atoms with Gasteiger partial charge in [0.25, 0.3) is 0 Å². The van der Waals surface area contributed by atoms with Crippen molar-refractivity contribution in [3.63, 3.8) is 0 Å². The van der Waals surface area contributed by atoms with Gasteiger partial charge in [0.05, 0.1) is 12.0 Å². The van der Waals surface area contributed by atoms with Crippen LogP contribution in [0.5, 0.6) is 0 Å². The Kier molecular flexibility index (Phi) is 5.43. The maximum atomic E-state index is 12.9. The van der Waals surface area contributed by atoms with Gasteiger partial charge in [0.2, 0.25) is 5.91 Å². The zero-order chi connectivity index (χ0) is 21.1. The monoisotopic (exact) mass is 415 g/mol. The van der Waals surface area contributed by atoms with Crippen molar-refractivity contribution >= 4 is 11.7 Å². The molecule has 1 aliphatic rings. The van der Waals surface area contributed by atoms with Crippen LogP contribution in [0.25, 0.3) is 5.82 Å². The summed E-state index contributed by atoms with van der Waals surface area (Å²) in [6.07, 6.45) is 0.847. The Balaban J connectivity index is 1.37. The number of halogens is 3. The van der Waals surface area contributed by atoms with Gasteiger partial charge in [0, 0.05) is 44.6 Å². The first-order valence-corrected chi connectivity index (χ1v) is 9.54. The average Bonchev–Trinajstić information content (AvgIpc) is 3.29. The molecular weight excluding hydrogens is 395 g/mol. The lowest BCUT2D eigenvalue weighted by molar-refractivity contribution is -0.138. The standard InChI is InChI=1S/C21H20F3N5O/c22-21(23,24)17-5-3-4-16(12-17)13-20(30)29-10-8-28(9-11-29)19-14-18(25-15-26-19)27-6-1-2-7-27/h1-7,12,14-15H,8-11,13H2. The number of piperazine rings is 1. The summed E-state index contributed by atoms with van der Waals surface area (Å²) in [6, 6.07) is 10.6. The van der Waals surface area contributed by atoms with Gasteiger partial charge in [-0.1, -0.05) is 18.2 Å². The van der Waals surface area contributed by atoms with Gasteiger partial charge in [-0.2, -0.15) is 13.2 Å². The van der Waals surface area contributed by atoms with Crippen LogP contribution in [0.3, 0.4) is 0 Å². The molecule has 0 spiro atoms. The molecule has 1 saturated heterocycles.